The van der Waals surface area contributed by atoms with Gasteiger partial charge in [0.2, 0.25) is 11.6 Å². The minimum atomic E-state index is -1.01. The van der Waals surface area contributed by atoms with Gasteiger partial charge in [0.1, 0.15) is 6.10 Å². The monoisotopic (exact) mass is 636 g/mol. The van der Waals surface area contributed by atoms with Gasteiger partial charge in [-0.15, -0.1) is 0 Å². The number of nitrogens with two attached hydrogens (primary N) is 2. The summed E-state index contributed by atoms with van der Waals surface area (Å²) in [6, 6.07) is 5.19. The number of fused-ring (bicyclic) bond motifs is 2. The average molecular weight is 637 g/mol. The second-order valence-corrected chi connectivity index (χ2v) is 11.7. The molecule has 0 saturated carbocycles. The summed E-state index contributed by atoms with van der Waals surface area (Å²) in [7, 11) is 2.91. The molecule has 1 aliphatic carbocycles. The molecule has 1 aromatic heterocycles. The third kappa shape index (κ3) is 8.87. The quantitative estimate of drug-likeness (QED) is 0.321. The van der Waals surface area contributed by atoms with Crippen LogP contribution in [0.4, 0.5) is 4.79 Å². The fourth-order valence-corrected chi connectivity index (χ4v) is 5.61. The Labute approximate surface area is 269 Å². The normalized spacial score (nSPS) is 30.2. The molecule has 3 rings (SSSR count). The summed E-state index contributed by atoms with van der Waals surface area (Å²) in [5.74, 6) is -2.39. The SMILES string of the molecule is COC1/C=C\C=C(/C)C(=O)N(Cc2ccccn2)C2=CC(=O)C(N)=C(C[C@@H](C)C[C@H](OC)[C@H](O)[C@@H](C)/C=C(\C)[C@@H]1OC(N)=O)C2=O. The molecule has 0 saturated heterocycles. The van der Waals surface area contributed by atoms with Crippen LogP contribution in [0.5, 0.6) is 0 Å². The number of nitrogens with zero attached hydrogens (tertiary/aromatic N) is 2. The van der Waals surface area contributed by atoms with Crippen LogP contribution >= 0.6 is 0 Å². The van der Waals surface area contributed by atoms with E-state index >= 15 is 0 Å². The zero-order valence-corrected chi connectivity index (χ0v) is 27.1. The number of Topliss-reactive ketones (excluding diaryl/α,β-unsaturated/α-hetero) is 1. The van der Waals surface area contributed by atoms with Gasteiger partial charge in [-0.3, -0.25) is 24.3 Å². The van der Waals surface area contributed by atoms with Crippen molar-refractivity contribution in [2.24, 2.45) is 23.3 Å². The van der Waals surface area contributed by atoms with Crippen molar-refractivity contribution >= 4 is 23.6 Å². The van der Waals surface area contributed by atoms with Crippen molar-refractivity contribution in [3.63, 3.8) is 0 Å². The lowest BCUT2D eigenvalue weighted by Gasteiger charge is -2.30. The molecule has 1 aliphatic heterocycles. The second kappa shape index (κ2) is 16.3. The van der Waals surface area contributed by atoms with Crippen molar-refractivity contribution < 1.29 is 38.5 Å². The molecule has 2 heterocycles. The maximum Gasteiger partial charge on any atom is 0.405 e. The fraction of sp³-hybridized carbons (Fsp3) is 0.441. The number of hydrogen-bond donors (Lipinski definition) is 3. The molecule has 2 amide bonds. The molecule has 6 atom stereocenters. The van der Waals surface area contributed by atoms with Gasteiger partial charge in [0, 0.05) is 43.6 Å². The van der Waals surface area contributed by atoms with Crippen LogP contribution in [0.25, 0.3) is 0 Å². The summed E-state index contributed by atoms with van der Waals surface area (Å²) >= 11 is 0. The van der Waals surface area contributed by atoms with Gasteiger partial charge in [-0.2, -0.15) is 0 Å². The molecule has 0 spiro atoms. The number of methoxy groups -OCH3 is 2. The zero-order valence-electron chi connectivity index (χ0n) is 27.1. The number of rotatable bonds is 5. The smallest absolute Gasteiger partial charge is 0.405 e. The molecule has 12 nitrogen and oxygen atoms in total. The van der Waals surface area contributed by atoms with E-state index in [1.807, 2.05) is 6.92 Å². The van der Waals surface area contributed by atoms with E-state index in [1.54, 1.807) is 63.4 Å². The van der Waals surface area contributed by atoms with E-state index in [1.165, 1.54) is 25.2 Å². The zero-order chi connectivity index (χ0) is 34.1. The molecule has 0 radical (unpaired) electrons. The molecular weight excluding hydrogens is 592 g/mol. The van der Waals surface area contributed by atoms with Crippen molar-refractivity contribution in [2.75, 3.05) is 14.2 Å². The molecule has 1 unspecified atom stereocenters. The van der Waals surface area contributed by atoms with Crippen LogP contribution < -0.4 is 11.5 Å². The Bertz CT molecular complexity index is 1460. The van der Waals surface area contributed by atoms with Crippen LogP contribution in [0.3, 0.4) is 0 Å². The number of amides is 2. The number of aromatic nitrogens is 1. The number of hydrogen-bond acceptors (Lipinski definition) is 10. The summed E-state index contributed by atoms with van der Waals surface area (Å²) in [4.78, 5) is 58.4. The minimum Gasteiger partial charge on any atom is -0.439 e. The van der Waals surface area contributed by atoms with Gasteiger partial charge in [-0.25, -0.2) is 4.79 Å². The van der Waals surface area contributed by atoms with Crippen LogP contribution in [-0.2, 0) is 35.1 Å². The number of aliphatic hydroxyl groups excluding tert-OH is 1. The number of carbonyl (C=O) groups excluding carboxylic acids is 4. The van der Waals surface area contributed by atoms with Gasteiger partial charge in [-0.1, -0.05) is 44.2 Å². The summed E-state index contributed by atoms with van der Waals surface area (Å²) < 4.78 is 16.7. The van der Waals surface area contributed by atoms with E-state index in [0.29, 0.717) is 17.7 Å². The second-order valence-electron chi connectivity index (χ2n) is 11.7. The van der Waals surface area contributed by atoms with E-state index in [9.17, 15) is 24.3 Å². The molecule has 5 N–H and O–H groups in total. The van der Waals surface area contributed by atoms with Gasteiger partial charge in [-0.05, 0) is 50.3 Å². The number of carbonyl (C=O) groups is 4. The van der Waals surface area contributed by atoms with Crippen molar-refractivity contribution in [1.29, 1.82) is 0 Å². The predicted molar refractivity (Wildman–Crippen MR) is 170 cm³/mol. The van der Waals surface area contributed by atoms with Crippen LogP contribution in [0.1, 0.15) is 46.2 Å². The molecule has 248 valence electrons. The van der Waals surface area contributed by atoms with Gasteiger partial charge in [0.05, 0.1) is 35.8 Å². The van der Waals surface area contributed by atoms with Gasteiger partial charge in [0.25, 0.3) is 5.91 Å². The number of aliphatic hydroxyl groups is 1. The molecule has 0 aromatic carbocycles. The highest BCUT2D eigenvalue weighted by molar-refractivity contribution is 6.23. The Kier molecular flexibility index (Phi) is 12.7. The van der Waals surface area contributed by atoms with Gasteiger partial charge >= 0.3 is 6.09 Å². The third-order valence-electron chi connectivity index (χ3n) is 8.13. The number of pyridine rings is 1. The summed E-state index contributed by atoms with van der Waals surface area (Å²) in [5.41, 5.74) is 12.7. The third-order valence-corrected chi connectivity index (χ3v) is 8.13. The standard InChI is InChI=1S/C34H44N4O8/c1-19-14-24-29(35)26(39)17-25(31(24)41)38(18-23-11-7-8-13-37-23)33(42)20(2)10-9-12-27(44-5)32(46-34(36)43)22(4)16-21(3)30(40)28(15-19)45-6/h7-13,16-17,19,21,27-28,30,32,40H,14-15,18,35H2,1-6H3,(H2,36,43)/b12-9-,20-10+,22-16+/t19-,21+,27?,28+,30-,32+/m1/s1. The first-order chi connectivity index (χ1) is 21.8. The number of ketones is 2. The average Bonchev–Trinajstić information content (AvgIpc) is 3.02. The number of ether oxygens (including phenoxy) is 3. The maximum absolute atomic E-state index is 14.0. The summed E-state index contributed by atoms with van der Waals surface area (Å²) in [5, 5.41) is 11.3. The fourth-order valence-electron chi connectivity index (χ4n) is 5.61. The van der Waals surface area contributed by atoms with Gasteiger partial charge < -0.3 is 30.8 Å². The van der Waals surface area contributed by atoms with Crippen molar-refractivity contribution in [3.8, 4) is 0 Å². The highest BCUT2D eigenvalue weighted by Crippen LogP contribution is 2.30. The van der Waals surface area contributed by atoms with Crippen molar-refractivity contribution in [2.45, 2.75) is 71.5 Å². The lowest BCUT2D eigenvalue weighted by molar-refractivity contribution is -0.129. The van der Waals surface area contributed by atoms with Crippen molar-refractivity contribution in [1.82, 2.24) is 9.88 Å². The largest absolute Gasteiger partial charge is 0.439 e. The Morgan fingerprint density at radius 3 is 2.46 bits per heavy atom. The Hall–Kier alpha value is -4.39. The van der Waals surface area contributed by atoms with Gasteiger partial charge in [0.15, 0.2) is 6.10 Å². The van der Waals surface area contributed by atoms with E-state index in [2.05, 4.69) is 4.98 Å². The molecule has 0 fully saturated rings. The predicted octanol–water partition coefficient (Wildman–Crippen LogP) is 3.03. The number of primary amides is 1. The number of allylic oxidation sites excluding steroid dienone is 4. The Balaban J connectivity index is 2.17. The minimum absolute atomic E-state index is 0.0861. The lowest BCUT2D eigenvalue weighted by Crippen LogP contribution is -2.39. The molecule has 2 aliphatic rings. The molecular formula is C34H44N4O8. The topological polar surface area (TPSA) is 184 Å². The first-order valence-corrected chi connectivity index (χ1v) is 15.0. The Morgan fingerprint density at radius 2 is 1.85 bits per heavy atom. The van der Waals surface area contributed by atoms with E-state index in [4.69, 9.17) is 25.7 Å². The van der Waals surface area contributed by atoms with E-state index < -0.39 is 53.9 Å². The maximum atomic E-state index is 14.0. The Morgan fingerprint density at radius 1 is 1.13 bits per heavy atom. The first-order valence-electron chi connectivity index (χ1n) is 15.0. The summed E-state index contributed by atoms with van der Waals surface area (Å²) in [6.07, 6.45) is 5.09. The molecule has 12 heteroatoms. The van der Waals surface area contributed by atoms with Crippen LogP contribution in [-0.4, -0.2) is 77.2 Å². The van der Waals surface area contributed by atoms with Crippen LogP contribution in [0.2, 0.25) is 0 Å². The van der Waals surface area contributed by atoms with Crippen LogP contribution in [0, 0.1) is 11.8 Å². The highest BCUT2D eigenvalue weighted by atomic mass is 16.6. The van der Waals surface area contributed by atoms with Crippen molar-refractivity contribution in [3.05, 3.63) is 88.6 Å². The van der Waals surface area contributed by atoms with E-state index in [0.717, 1.165) is 6.08 Å². The highest BCUT2D eigenvalue weighted by Gasteiger charge is 2.35. The first kappa shape index (κ1) is 36.1. The van der Waals surface area contributed by atoms with Crippen LogP contribution in [0.15, 0.2) is 82.9 Å². The summed E-state index contributed by atoms with van der Waals surface area (Å²) in [6.45, 7) is 6.87. The molecule has 46 heavy (non-hydrogen) atoms. The van der Waals surface area contributed by atoms with E-state index in [-0.39, 0.29) is 41.4 Å². The lowest BCUT2D eigenvalue weighted by atomic mass is 9.85. The molecule has 2 bridgehead atoms. The molecule has 1 aromatic rings.